The van der Waals surface area contributed by atoms with Gasteiger partial charge in [0.25, 0.3) is 5.56 Å². The Morgan fingerprint density at radius 3 is 2.43 bits per heavy atom. The van der Waals surface area contributed by atoms with Crippen molar-refractivity contribution in [2.24, 2.45) is 4.99 Å². The van der Waals surface area contributed by atoms with Crippen LogP contribution in [0, 0.1) is 0 Å². The zero-order valence-corrected chi connectivity index (χ0v) is 27.2. The number of esters is 1. The summed E-state index contributed by atoms with van der Waals surface area (Å²) >= 11 is 1.26. The summed E-state index contributed by atoms with van der Waals surface area (Å²) in [5, 5.41) is 4.93. The summed E-state index contributed by atoms with van der Waals surface area (Å²) < 4.78 is 20.4. The van der Waals surface area contributed by atoms with E-state index in [1.54, 1.807) is 35.4 Å². The number of fused-ring (bicyclic) bond motifs is 1. The van der Waals surface area contributed by atoms with Crippen molar-refractivity contribution in [1.29, 1.82) is 0 Å². The van der Waals surface area contributed by atoms with Crippen molar-refractivity contribution in [3.8, 4) is 28.4 Å². The van der Waals surface area contributed by atoms with Crippen LogP contribution in [0.5, 0.6) is 11.5 Å². The lowest BCUT2D eigenvalue weighted by molar-refractivity contribution is -0.138. The number of methoxy groups -OCH3 is 1. The SMILES string of the molecule is C=CCOC(=O)C1=C(C)N=c2s/c(=C/c3cn(-c4ccccc4)nc3-c3ccc(OCCC)cc3)c(=O)n2C1c1ccc(OC)cc1. The molecule has 6 rings (SSSR count). The number of ether oxygens (including phenoxy) is 3. The maximum atomic E-state index is 14.3. The van der Waals surface area contributed by atoms with Crippen LogP contribution in [-0.2, 0) is 9.53 Å². The quantitative estimate of drug-likeness (QED) is 0.137. The van der Waals surface area contributed by atoms with Crippen LogP contribution in [-0.4, -0.2) is 40.6 Å². The van der Waals surface area contributed by atoms with Crippen molar-refractivity contribution in [3.63, 3.8) is 0 Å². The number of carbonyl (C=O) groups excluding carboxylic acids is 1. The lowest BCUT2D eigenvalue weighted by Crippen LogP contribution is -2.39. The van der Waals surface area contributed by atoms with Crippen LogP contribution >= 0.6 is 11.3 Å². The smallest absolute Gasteiger partial charge is 0.338 e. The van der Waals surface area contributed by atoms with Crippen molar-refractivity contribution in [2.45, 2.75) is 26.3 Å². The Morgan fingerprint density at radius 2 is 1.74 bits per heavy atom. The van der Waals surface area contributed by atoms with Gasteiger partial charge in [0.1, 0.15) is 23.8 Å². The highest BCUT2D eigenvalue weighted by atomic mass is 32.1. The largest absolute Gasteiger partial charge is 0.497 e. The van der Waals surface area contributed by atoms with Crippen molar-refractivity contribution in [2.75, 3.05) is 20.3 Å². The van der Waals surface area contributed by atoms with E-state index in [4.69, 9.17) is 24.3 Å². The van der Waals surface area contributed by atoms with E-state index >= 15 is 0 Å². The van der Waals surface area contributed by atoms with Gasteiger partial charge in [-0.1, -0.05) is 61.2 Å². The van der Waals surface area contributed by atoms with Crippen molar-refractivity contribution >= 4 is 23.4 Å². The molecule has 0 aliphatic carbocycles. The van der Waals surface area contributed by atoms with Gasteiger partial charge in [-0.3, -0.25) is 9.36 Å². The molecular formula is C37H34N4O5S. The average molecular weight is 647 g/mol. The summed E-state index contributed by atoms with van der Waals surface area (Å²) in [6, 6.07) is 24.1. The van der Waals surface area contributed by atoms with Crippen molar-refractivity contribution in [3.05, 3.63) is 140 Å². The van der Waals surface area contributed by atoms with Gasteiger partial charge in [-0.15, -0.1) is 0 Å². The third-order valence-electron chi connectivity index (χ3n) is 7.66. The molecular weight excluding hydrogens is 612 g/mol. The molecule has 0 N–H and O–H groups in total. The van der Waals surface area contributed by atoms with Gasteiger partial charge in [-0.2, -0.15) is 5.10 Å². The predicted molar refractivity (Wildman–Crippen MR) is 183 cm³/mol. The van der Waals surface area contributed by atoms with E-state index in [1.807, 2.05) is 79.0 Å². The molecule has 1 atom stereocenters. The first kappa shape index (κ1) is 31.5. The van der Waals surface area contributed by atoms with Gasteiger partial charge in [0.05, 0.1) is 41.2 Å². The van der Waals surface area contributed by atoms with E-state index in [1.165, 1.54) is 17.4 Å². The molecule has 1 unspecified atom stereocenters. The molecule has 1 aliphatic heterocycles. The molecule has 0 spiro atoms. The lowest BCUT2D eigenvalue weighted by Gasteiger charge is -2.24. The number of hydrogen-bond acceptors (Lipinski definition) is 8. The number of allylic oxidation sites excluding steroid dienone is 1. The van der Waals surface area contributed by atoms with Gasteiger partial charge in [0.2, 0.25) is 0 Å². The average Bonchev–Trinajstić information content (AvgIpc) is 3.66. The fraction of sp³-hybridized carbons (Fsp3) is 0.189. The molecule has 10 heteroatoms. The summed E-state index contributed by atoms with van der Waals surface area (Å²) in [6.07, 6.45) is 6.17. The highest BCUT2D eigenvalue weighted by Crippen LogP contribution is 2.32. The highest BCUT2D eigenvalue weighted by Gasteiger charge is 2.33. The van der Waals surface area contributed by atoms with Crippen LogP contribution in [0.15, 0.2) is 119 Å². The van der Waals surface area contributed by atoms with Crippen LogP contribution in [0.3, 0.4) is 0 Å². The number of nitrogens with zero attached hydrogens (tertiary/aromatic N) is 4. The molecule has 47 heavy (non-hydrogen) atoms. The van der Waals surface area contributed by atoms with E-state index in [9.17, 15) is 9.59 Å². The first-order chi connectivity index (χ1) is 22.9. The molecule has 0 bridgehead atoms. The Morgan fingerprint density at radius 1 is 1.02 bits per heavy atom. The van der Waals surface area contributed by atoms with Gasteiger partial charge >= 0.3 is 5.97 Å². The molecule has 5 aromatic rings. The number of carbonyl (C=O) groups is 1. The summed E-state index contributed by atoms with van der Waals surface area (Å²) in [7, 11) is 1.59. The molecule has 0 saturated carbocycles. The third kappa shape index (κ3) is 6.45. The fourth-order valence-electron chi connectivity index (χ4n) is 5.40. The van der Waals surface area contributed by atoms with Crippen LogP contribution in [0.2, 0.25) is 0 Å². The monoisotopic (exact) mass is 646 g/mol. The van der Waals surface area contributed by atoms with Crippen LogP contribution in [0.4, 0.5) is 0 Å². The highest BCUT2D eigenvalue weighted by molar-refractivity contribution is 7.07. The fourth-order valence-corrected chi connectivity index (χ4v) is 6.43. The maximum Gasteiger partial charge on any atom is 0.338 e. The molecule has 2 aromatic heterocycles. The second kappa shape index (κ2) is 13.9. The number of para-hydroxylation sites is 1. The Hall–Kier alpha value is -5.48. The minimum absolute atomic E-state index is 0.0370. The Kier molecular flexibility index (Phi) is 9.30. The minimum atomic E-state index is -0.751. The van der Waals surface area contributed by atoms with Crippen LogP contribution < -0.4 is 24.4 Å². The maximum absolute atomic E-state index is 14.3. The Bertz CT molecular complexity index is 2130. The number of rotatable bonds is 11. The Labute approximate surface area is 276 Å². The molecule has 3 heterocycles. The zero-order valence-electron chi connectivity index (χ0n) is 26.4. The molecule has 238 valence electrons. The van der Waals surface area contributed by atoms with Crippen molar-refractivity contribution < 1.29 is 19.0 Å². The van der Waals surface area contributed by atoms with E-state index in [0.717, 1.165) is 34.5 Å². The molecule has 1 aliphatic rings. The summed E-state index contributed by atoms with van der Waals surface area (Å²) in [5.74, 6) is 0.883. The summed E-state index contributed by atoms with van der Waals surface area (Å²) in [6.45, 7) is 8.15. The first-order valence-corrected chi connectivity index (χ1v) is 16.1. The number of thiazole rings is 1. The zero-order chi connectivity index (χ0) is 32.9. The van der Waals surface area contributed by atoms with Crippen LogP contribution in [0.25, 0.3) is 23.0 Å². The molecule has 3 aromatic carbocycles. The number of hydrogen-bond donors (Lipinski definition) is 0. The van der Waals surface area contributed by atoms with Gasteiger partial charge in [-0.25, -0.2) is 14.5 Å². The third-order valence-corrected chi connectivity index (χ3v) is 8.64. The molecule has 0 amide bonds. The lowest BCUT2D eigenvalue weighted by atomic mass is 9.96. The topological polar surface area (TPSA) is 96.9 Å². The minimum Gasteiger partial charge on any atom is -0.497 e. The van der Waals surface area contributed by atoms with Crippen LogP contribution in [0.1, 0.15) is 37.4 Å². The van der Waals surface area contributed by atoms with Gasteiger partial charge in [0.15, 0.2) is 4.80 Å². The predicted octanol–water partition coefficient (Wildman–Crippen LogP) is 5.61. The van der Waals surface area contributed by atoms with Gasteiger partial charge in [0, 0.05) is 17.3 Å². The second-order valence-electron chi connectivity index (χ2n) is 10.8. The van der Waals surface area contributed by atoms with E-state index in [2.05, 4.69) is 13.5 Å². The van der Waals surface area contributed by atoms with E-state index in [-0.39, 0.29) is 12.2 Å². The van der Waals surface area contributed by atoms with Gasteiger partial charge in [-0.05, 0) is 73.5 Å². The molecule has 0 radical (unpaired) electrons. The van der Waals surface area contributed by atoms with E-state index < -0.39 is 12.0 Å². The second-order valence-corrected chi connectivity index (χ2v) is 11.8. The summed E-state index contributed by atoms with van der Waals surface area (Å²) in [4.78, 5) is 32.9. The first-order valence-electron chi connectivity index (χ1n) is 15.2. The summed E-state index contributed by atoms with van der Waals surface area (Å²) in [5.41, 5.74) is 4.44. The van der Waals surface area contributed by atoms with Gasteiger partial charge < -0.3 is 14.2 Å². The number of aromatic nitrogens is 3. The normalized spacial score (nSPS) is 14.4. The molecule has 9 nitrogen and oxygen atoms in total. The van der Waals surface area contributed by atoms with Crippen molar-refractivity contribution in [1.82, 2.24) is 14.3 Å². The molecule has 0 saturated heterocycles. The Balaban J connectivity index is 1.51. The van der Waals surface area contributed by atoms with E-state index in [0.29, 0.717) is 38.7 Å². The molecule has 0 fully saturated rings. The number of benzene rings is 3. The standard InChI is InChI=1S/C37H34N4O5S/c1-5-20-45-30-18-12-25(13-19-30)33-27(23-40(39-33)28-10-8-7-9-11-28)22-31-35(42)41-34(26-14-16-29(44-4)17-15-26)32(36(43)46-21-6-2)24(3)38-37(41)47-31/h6-19,22-23,34H,2,5,20-21H2,1,3-4H3/b31-22+.